The molecule has 0 aliphatic rings. The van der Waals surface area contributed by atoms with Crippen LogP contribution in [0.1, 0.15) is 58.2 Å². The van der Waals surface area contributed by atoms with Gasteiger partial charge in [0, 0.05) is 11.1 Å². The van der Waals surface area contributed by atoms with Gasteiger partial charge < -0.3 is 5.11 Å². The van der Waals surface area contributed by atoms with Gasteiger partial charge in [0.25, 0.3) is 0 Å². The van der Waals surface area contributed by atoms with Crippen LogP contribution in [-0.4, -0.2) is 17.2 Å². The molecule has 1 N–H and O–H groups in total. The van der Waals surface area contributed by atoms with Crippen LogP contribution in [0, 0.1) is 6.92 Å². The first kappa shape index (κ1) is 17.7. The fourth-order valence-corrected chi connectivity index (χ4v) is 2.42. The van der Waals surface area contributed by atoms with E-state index in [2.05, 4.69) is 0 Å². The van der Waals surface area contributed by atoms with Crippen LogP contribution < -0.4 is 0 Å². The Hall–Kier alpha value is -2.68. The van der Waals surface area contributed by atoms with E-state index in [4.69, 9.17) is 0 Å². The van der Waals surface area contributed by atoms with Crippen LogP contribution >= 0.6 is 0 Å². The maximum atomic E-state index is 12.2. The van der Waals surface area contributed by atoms with Crippen molar-refractivity contribution in [3.8, 4) is 5.75 Å². The lowest BCUT2D eigenvalue weighted by Crippen LogP contribution is -2.12. The lowest BCUT2D eigenvalue weighted by molar-refractivity contribution is 0.104. The van der Waals surface area contributed by atoms with Crippen molar-refractivity contribution in [1.82, 2.24) is 0 Å². The highest BCUT2D eigenvalue weighted by Crippen LogP contribution is 2.34. The Morgan fingerprint density at radius 2 is 1.71 bits per heavy atom. The van der Waals surface area contributed by atoms with E-state index in [1.165, 1.54) is 6.08 Å². The molecule has 0 aliphatic carbocycles. The molecule has 0 atom stereocenters. The Kier molecular flexibility index (Phi) is 5.03. The van der Waals surface area contributed by atoms with Crippen LogP contribution in [0.25, 0.3) is 6.08 Å². The zero-order valence-electron chi connectivity index (χ0n) is 14.5. The van der Waals surface area contributed by atoms with Crippen LogP contribution in [0.2, 0.25) is 0 Å². The fourth-order valence-electron chi connectivity index (χ4n) is 2.42. The first-order chi connectivity index (χ1) is 11.2. The zero-order chi connectivity index (χ0) is 17.9. The van der Waals surface area contributed by atoms with E-state index in [0.29, 0.717) is 23.0 Å². The van der Waals surface area contributed by atoms with Gasteiger partial charge in [0.1, 0.15) is 5.75 Å². The largest absolute Gasteiger partial charge is 0.507 e. The van der Waals surface area contributed by atoms with E-state index in [1.807, 2.05) is 39.8 Å². The molecular weight excluding hydrogens is 300 g/mol. The minimum atomic E-state index is -0.313. The molecule has 0 fully saturated rings. The van der Waals surface area contributed by atoms with Crippen molar-refractivity contribution in [2.45, 2.75) is 33.1 Å². The van der Waals surface area contributed by atoms with E-state index < -0.39 is 0 Å². The molecule has 0 unspecified atom stereocenters. The summed E-state index contributed by atoms with van der Waals surface area (Å²) in [7, 11) is 0. The maximum absolute atomic E-state index is 12.2. The molecule has 0 aromatic heterocycles. The molecule has 0 aliphatic heterocycles. The number of hydrogen-bond donors (Lipinski definition) is 1. The molecule has 2 aromatic rings. The van der Waals surface area contributed by atoms with Crippen molar-refractivity contribution in [3.63, 3.8) is 0 Å². The Morgan fingerprint density at radius 3 is 2.25 bits per heavy atom. The average molecular weight is 322 g/mol. The van der Waals surface area contributed by atoms with E-state index in [-0.39, 0.29) is 22.5 Å². The maximum Gasteiger partial charge on any atom is 0.185 e. The molecule has 0 spiro atoms. The predicted molar refractivity (Wildman–Crippen MR) is 96.7 cm³/mol. The summed E-state index contributed by atoms with van der Waals surface area (Å²) in [5.41, 5.74) is 3.01. The zero-order valence-corrected chi connectivity index (χ0v) is 14.5. The summed E-state index contributed by atoms with van der Waals surface area (Å²) in [6, 6.07) is 10.7. The van der Waals surface area contributed by atoms with Gasteiger partial charge >= 0.3 is 0 Å². The van der Waals surface area contributed by atoms with Gasteiger partial charge in [0.2, 0.25) is 0 Å². The highest BCUT2D eigenvalue weighted by Gasteiger charge is 2.20. The minimum Gasteiger partial charge on any atom is -0.507 e. The quantitative estimate of drug-likeness (QED) is 0.504. The Balaban J connectivity index is 2.37. The van der Waals surface area contributed by atoms with E-state index in [1.54, 1.807) is 30.3 Å². The molecule has 3 nitrogen and oxygen atoms in total. The summed E-state index contributed by atoms with van der Waals surface area (Å²) in [5, 5.41) is 10.2. The van der Waals surface area contributed by atoms with Crippen LogP contribution in [0.15, 0.2) is 42.5 Å². The van der Waals surface area contributed by atoms with Crippen LogP contribution in [0.4, 0.5) is 0 Å². The van der Waals surface area contributed by atoms with Crippen molar-refractivity contribution in [1.29, 1.82) is 0 Å². The Bertz CT molecular complexity index is 791. The van der Waals surface area contributed by atoms with Crippen molar-refractivity contribution < 1.29 is 14.7 Å². The van der Waals surface area contributed by atoms with Crippen LogP contribution in [0.3, 0.4) is 0 Å². The van der Waals surface area contributed by atoms with Gasteiger partial charge in [0.05, 0.1) is 5.56 Å². The highest BCUT2D eigenvalue weighted by atomic mass is 16.3. The lowest BCUT2D eigenvalue weighted by Gasteiger charge is -2.21. The Labute approximate surface area is 142 Å². The topological polar surface area (TPSA) is 54.4 Å². The summed E-state index contributed by atoms with van der Waals surface area (Å²) >= 11 is 0. The molecule has 0 saturated heterocycles. The second-order valence-corrected chi connectivity index (χ2v) is 6.94. The number of ketones is 1. The molecule has 2 rings (SSSR count). The molecule has 0 radical (unpaired) electrons. The second kappa shape index (κ2) is 6.83. The first-order valence-electron chi connectivity index (χ1n) is 7.84. The van der Waals surface area contributed by atoms with Gasteiger partial charge in [-0.05, 0) is 36.1 Å². The van der Waals surface area contributed by atoms with Gasteiger partial charge in [0.15, 0.2) is 12.1 Å². The summed E-state index contributed by atoms with van der Waals surface area (Å²) in [6.45, 7) is 7.85. The number of aldehydes is 1. The van der Waals surface area contributed by atoms with Crippen molar-refractivity contribution in [2.75, 3.05) is 0 Å². The number of benzene rings is 2. The summed E-state index contributed by atoms with van der Waals surface area (Å²) in [6.07, 6.45) is 3.78. The number of aromatic hydroxyl groups is 1. The average Bonchev–Trinajstić information content (AvgIpc) is 2.53. The van der Waals surface area contributed by atoms with Crippen LogP contribution in [-0.2, 0) is 5.41 Å². The number of phenols is 1. The minimum absolute atomic E-state index is 0.000453. The standard InChI is InChI=1S/C21H22O3/c1-14-5-8-16(9-6-14)19(23)10-7-15-11-17(13-22)20(24)18(12-15)21(2,3)4/h5-13,24H,1-4H3. The normalized spacial score (nSPS) is 11.7. The molecule has 24 heavy (non-hydrogen) atoms. The van der Waals surface area contributed by atoms with Crippen molar-refractivity contribution in [2.24, 2.45) is 0 Å². The molecule has 3 heteroatoms. The number of phenolic OH excluding ortho intramolecular Hbond substituents is 1. The SMILES string of the molecule is Cc1ccc(C(=O)C=Cc2cc(C=O)c(O)c(C(C)(C)C)c2)cc1. The van der Waals surface area contributed by atoms with Gasteiger partial charge in [-0.25, -0.2) is 0 Å². The number of allylic oxidation sites excluding steroid dienone is 1. The molecule has 0 saturated carbocycles. The van der Waals surface area contributed by atoms with Gasteiger partial charge in [-0.2, -0.15) is 0 Å². The van der Waals surface area contributed by atoms with Crippen molar-refractivity contribution >= 4 is 18.1 Å². The fraction of sp³-hybridized carbons (Fsp3) is 0.238. The number of rotatable bonds is 4. The molecule has 0 bridgehead atoms. The van der Waals surface area contributed by atoms with Gasteiger partial charge in [-0.15, -0.1) is 0 Å². The number of carbonyl (C=O) groups is 2. The number of aryl methyl sites for hydroxylation is 1. The van der Waals surface area contributed by atoms with E-state index in [0.717, 1.165) is 5.56 Å². The third-order valence-corrected chi connectivity index (χ3v) is 3.86. The number of hydrogen-bond acceptors (Lipinski definition) is 3. The molecule has 124 valence electrons. The molecule has 2 aromatic carbocycles. The van der Waals surface area contributed by atoms with Gasteiger partial charge in [-0.3, -0.25) is 9.59 Å². The third-order valence-electron chi connectivity index (χ3n) is 3.86. The lowest BCUT2D eigenvalue weighted by atomic mass is 9.84. The summed E-state index contributed by atoms with van der Waals surface area (Å²) < 4.78 is 0. The summed E-state index contributed by atoms with van der Waals surface area (Å²) in [4.78, 5) is 23.4. The highest BCUT2D eigenvalue weighted by molar-refractivity contribution is 6.06. The van der Waals surface area contributed by atoms with Crippen molar-refractivity contribution in [3.05, 3.63) is 70.3 Å². The monoisotopic (exact) mass is 322 g/mol. The molecule has 0 heterocycles. The van der Waals surface area contributed by atoms with Gasteiger partial charge in [-0.1, -0.05) is 56.7 Å². The summed E-state index contributed by atoms with van der Waals surface area (Å²) in [5.74, 6) is -0.104. The van der Waals surface area contributed by atoms with E-state index >= 15 is 0 Å². The molecular formula is C21H22O3. The first-order valence-corrected chi connectivity index (χ1v) is 7.84. The van der Waals surface area contributed by atoms with Crippen LogP contribution in [0.5, 0.6) is 5.75 Å². The predicted octanol–water partition coefficient (Wildman–Crippen LogP) is 4.71. The van der Waals surface area contributed by atoms with E-state index in [9.17, 15) is 14.7 Å². The third kappa shape index (κ3) is 3.99. The smallest absolute Gasteiger partial charge is 0.185 e. The Morgan fingerprint density at radius 1 is 1.08 bits per heavy atom. The number of carbonyl (C=O) groups excluding carboxylic acids is 2. The second-order valence-electron chi connectivity index (χ2n) is 6.94. The molecule has 0 amide bonds.